The van der Waals surface area contributed by atoms with E-state index in [1.165, 1.54) is 6.07 Å². The fourth-order valence-electron chi connectivity index (χ4n) is 1.54. The van der Waals surface area contributed by atoms with E-state index in [-0.39, 0.29) is 12.4 Å². The number of halogens is 2. The molecule has 0 saturated heterocycles. The number of hydrogen-bond acceptors (Lipinski definition) is 3. The quantitative estimate of drug-likeness (QED) is 0.814. The van der Waals surface area contributed by atoms with Crippen LogP contribution in [0.1, 0.15) is 5.56 Å². The molecule has 0 aliphatic heterocycles. The molecule has 0 aliphatic rings. The lowest BCUT2D eigenvalue weighted by Gasteiger charge is -2.21. The second-order valence-corrected chi connectivity index (χ2v) is 4.10. The zero-order valence-corrected chi connectivity index (χ0v) is 10.6. The molecule has 0 unspecified atom stereocenters. The highest BCUT2D eigenvalue weighted by Gasteiger charge is 2.11. The van der Waals surface area contributed by atoms with E-state index < -0.39 is 0 Å². The zero-order valence-electron chi connectivity index (χ0n) is 9.83. The third-order valence-corrected chi connectivity index (χ3v) is 2.83. The van der Waals surface area contributed by atoms with Crippen molar-refractivity contribution in [3.63, 3.8) is 0 Å². The number of nitrogens with zero attached hydrogens (tertiary/aromatic N) is 1. The Labute approximate surface area is 106 Å². The summed E-state index contributed by atoms with van der Waals surface area (Å²) in [5, 5.41) is 9.35. The summed E-state index contributed by atoms with van der Waals surface area (Å²) in [4.78, 5) is 1.90. The first kappa shape index (κ1) is 14.4. The number of aliphatic hydroxyl groups is 1. The lowest BCUT2D eigenvalue weighted by Crippen LogP contribution is -2.30. The van der Waals surface area contributed by atoms with Crippen LogP contribution in [0.15, 0.2) is 18.2 Å². The van der Waals surface area contributed by atoms with Gasteiger partial charge >= 0.3 is 0 Å². The van der Waals surface area contributed by atoms with Gasteiger partial charge in [0.2, 0.25) is 0 Å². The molecule has 1 aromatic rings. The van der Waals surface area contributed by atoms with Crippen LogP contribution in [0.4, 0.5) is 4.39 Å². The van der Waals surface area contributed by atoms with Crippen LogP contribution in [0.5, 0.6) is 0 Å². The van der Waals surface area contributed by atoms with Crippen molar-refractivity contribution in [1.29, 1.82) is 0 Å². The molecule has 0 saturated carbocycles. The van der Waals surface area contributed by atoms with Crippen molar-refractivity contribution in [2.45, 2.75) is 6.54 Å². The van der Waals surface area contributed by atoms with Crippen LogP contribution in [0.2, 0.25) is 5.02 Å². The minimum atomic E-state index is -0.321. The standard InChI is InChI=1S/C12H17ClFNO2/c1-17-8-6-15(5-7-16)9-10-11(13)3-2-4-12(10)14/h2-4,16H,5-9H2,1H3. The lowest BCUT2D eigenvalue weighted by atomic mass is 10.2. The summed E-state index contributed by atoms with van der Waals surface area (Å²) in [6, 6.07) is 4.62. The molecule has 1 aromatic carbocycles. The van der Waals surface area contributed by atoms with Crippen LogP contribution in [0.3, 0.4) is 0 Å². The average molecular weight is 262 g/mol. The number of methoxy groups -OCH3 is 1. The third-order valence-electron chi connectivity index (χ3n) is 2.47. The van der Waals surface area contributed by atoms with Gasteiger partial charge in [-0.25, -0.2) is 4.39 Å². The summed E-state index contributed by atoms with van der Waals surface area (Å²) >= 11 is 5.95. The highest BCUT2D eigenvalue weighted by molar-refractivity contribution is 6.31. The van der Waals surface area contributed by atoms with Gasteiger partial charge in [0.05, 0.1) is 13.2 Å². The van der Waals surface area contributed by atoms with Crippen molar-refractivity contribution >= 4 is 11.6 Å². The van der Waals surface area contributed by atoms with Crippen LogP contribution >= 0.6 is 11.6 Å². The van der Waals surface area contributed by atoms with Crippen LogP contribution < -0.4 is 0 Å². The molecule has 3 nitrogen and oxygen atoms in total. The Hall–Kier alpha value is -0.680. The molecule has 17 heavy (non-hydrogen) atoms. The summed E-state index contributed by atoms with van der Waals surface area (Å²) < 4.78 is 18.5. The van der Waals surface area contributed by atoms with Gasteiger partial charge in [0.15, 0.2) is 0 Å². The summed E-state index contributed by atoms with van der Waals surface area (Å²) in [7, 11) is 1.60. The minimum Gasteiger partial charge on any atom is -0.395 e. The number of ether oxygens (including phenoxy) is 1. The van der Waals surface area contributed by atoms with E-state index in [4.69, 9.17) is 21.4 Å². The Bertz CT molecular complexity index is 329. The first-order valence-electron chi connectivity index (χ1n) is 5.44. The smallest absolute Gasteiger partial charge is 0.129 e. The molecule has 0 aromatic heterocycles. The Kier molecular flexibility index (Phi) is 6.44. The largest absolute Gasteiger partial charge is 0.395 e. The molecule has 1 N–H and O–H groups in total. The van der Waals surface area contributed by atoms with Crippen molar-refractivity contribution in [2.75, 3.05) is 33.4 Å². The predicted molar refractivity (Wildman–Crippen MR) is 65.6 cm³/mol. The molecule has 0 atom stereocenters. The maximum absolute atomic E-state index is 13.6. The highest BCUT2D eigenvalue weighted by atomic mass is 35.5. The SMILES string of the molecule is COCCN(CCO)Cc1c(F)cccc1Cl. The Balaban J connectivity index is 2.70. The lowest BCUT2D eigenvalue weighted by molar-refractivity contribution is 0.126. The minimum absolute atomic E-state index is 0.0236. The van der Waals surface area contributed by atoms with Gasteiger partial charge in [-0.1, -0.05) is 17.7 Å². The summed E-state index contributed by atoms with van der Waals surface area (Å²) in [5.74, 6) is -0.321. The highest BCUT2D eigenvalue weighted by Crippen LogP contribution is 2.20. The fraction of sp³-hybridized carbons (Fsp3) is 0.500. The van der Waals surface area contributed by atoms with Gasteiger partial charge in [-0.2, -0.15) is 0 Å². The zero-order chi connectivity index (χ0) is 12.7. The Morgan fingerprint density at radius 2 is 2.18 bits per heavy atom. The molecule has 0 heterocycles. The molecule has 0 spiro atoms. The molecule has 0 fully saturated rings. The van der Waals surface area contributed by atoms with Crippen LogP contribution in [-0.2, 0) is 11.3 Å². The summed E-state index contributed by atoms with van der Waals surface area (Å²) in [6.45, 7) is 2.02. The van der Waals surface area contributed by atoms with Crippen LogP contribution in [-0.4, -0.2) is 43.4 Å². The van der Waals surface area contributed by atoms with E-state index in [0.29, 0.717) is 36.8 Å². The van der Waals surface area contributed by atoms with Gasteiger partial charge in [0.25, 0.3) is 0 Å². The number of rotatable bonds is 7. The van der Waals surface area contributed by atoms with Crippen LogP contribution in [0, 0.1) is 5.82 Å². The fourth-order valence-corrected chi connectivity index (χ4v) is 1.76. The third kappa shape index (κ3) is 4.60. The molecular weight excluding hydrogens is 245 g/mol. The topological polar surface area (TPSA) is 32.7 Å². The summed E-state index contributed by atoms with van der Waals surface area (Å²) in [6.07, 6.45) is 0. The maximum atomic E-state index is 13.6. The van der Waals surface area contributed by atoms with Crippen molar-refractivity contribution in [3.8, 4) is 0 Å². The predicted octanol–water partition coefficient (Wildman–Crippen LogP) is 1.92. The second kappa shape index (κ2) is 7.61. The molecule has 5 heteroatoms. The van der Waals surface area contributed by atoms with Gasteiger partial charge in [-0.05, 0) is 12.1 Å². The van der Waals surface area contributed by atoms with E-state index in [9.17, 15) is 4.39 Å². The number of aliphatic hydroxyl groups excluding tert-OH is 1. The summed E-state index contributed by atoms with van der Waals surface area (Å²) in [5.41, 5.74) is 0.457. The van der Waals surface area contributed by atoms with E-state index in [1.807, 2.05) is 4.90 Å². The molecule has 0 amide bonds. The van der Waals surface area contributed by atoms with E-state index in [2.05, 4.69) is 0 Å². The van der Waals surface area contributed by atoms with Gasteiger partial charge in [-0.3, -0.25) is 4.90 Å². The molecular formula is C12H17ClFNO2. The first-order chi connectivity index (χ1) is 8.19. The Morgan fingerprint density at radius 3 is 2.76 bits per heavy atom. The van der Waals surface area contributed by atoms with Gasteiger partial charge < -0.3 is 9.84 Å². The Morgan fingerprint density at radius 1 is 1.41 bits per heavy atom. The maximum Gasteiger partial charge on any atom is 0.129 e. The monoisotopic (exact) mass is 261 g/mol. The first-order valence-corrected chi connectivity index (χ1v) is 5.82. The van der Waals surface area contributed by atoms with Crippen molar-refractivity contribution < 1.29 is 14.2 Å². The van der Waals surface area contributed by atoms with Gasteiger partial charge in [0.1, 0.15) is 5.82 Å². The molecule has 1 rings (SSSR count). The van der Waals surface area contributed by atoms with E-state index in [1.54, 1.807) is 19.2 Å². The molecule has 0 aliphatic carbocycles. The van der Waals surface area contributed by atoms with Gasteiger partial charge in [-0.15, -0.1) is 0 Å². The van der Waals surface area contributed by atoms with Crippen molar-refractivity contribution in [3.05, 3.63) is 34.6 Å². The second-order valence-electron chi connectivity index (χ2n) is 3.69. The number of hydrogen-bond donors (Lipinski definition) is 1. The van der Waals surface area contributed by atoms with Crippen molar-refractivity contribution in [2.24, 2.45) is 0 Å². The molecule has 0 radical (unpaired) electrons. The molecule has 96 valence electrons. The number of benzene rings is 1. The van der Waals surface area contributed by atoms with Gasteiger partial charge in [0, 0.05) is 37.3 Å². The van der Waals surface area contributed by atoms with Crippen LogP contribution in [0.25, 0.3) is 0 Å². The average Bonchev–Trinajstić information content (AvgIpc) is 2.31. The molecule has 0 bridgehead atoms. The van der Waals surface area contributed by atoms with E-state index >= 15 is 0 Å². The van der Waals surface area contributed by atoms with E-state index in [0.717, 1.165) is 0 Å². The van der Waals surface area contributed by atoms with Crippen molar-refractivity contribution in [1.82, 2.24) is 4.90 Å². The normalized spacial score (nSPS) is 11.1.